The summed E-state index contributed by atoms with van der Waals surface area (Å²) in [5.41, 5.74) is -0.105. The highest BCUT2D eigenvalue weighted by Gasteiger charge is 2.39. The molecule has 1 aliphatic rings. The van der Waals surface area contributed by atoms with E-state index in [-0.39, 0.29) is 33.1 Å². The number of benzene rings is 1. The molecule has 4 nitrogen and oxygen atoms in total. The van der Waals surface area contributed by atoms with E-state index in [0.717, 1.165) is 6.42 Å². The first-order valence-corrected chi connectivity index (χ1v) is 6.19. The maximum Gasteiger partial charge on any atom is 0.339 e. The summed E-state index contributed by atoms with van der Waals surface area (Å²) >= 11 is 11.7. The molecule has 2 unspecified atom stereocenters. The largest absolute Gasteiger partial charge is 0.478 e. The van der Waals surface area contributed by atoms with Crippen LogP contribution >= 0.6 is 23.2 Å². The molecular weight excluding hydrogens is 277 g/mol. The summed E-state index contributed by atoms with van der Waals surface area (Å²) in [6.07, 6.45) is 0.812. The molecular formula is C12H11Cl2NO3. The molecule has 18 heavy (non-hydrogen) atoms. The Bertz CT molecular complexity index is 530. The van der Waals surface area contributed by atoms with Gasteiger partial charge in [0, 0.05) is 5.92 Å². The Hall–Kier alpha value is -1.26. The van der Waals surface area contributed by atoms with Crippen molar-refractivity contribution in [1.29, 1.82) is 0 Å². The molecule has 1 aliphatic carbocycles. The molecule has 0 heterocycles. The highest BCUT2D eigenvalue weighted by Crippen LogP contribution is 2.40. The fraction of sp³-hybridized carbons (Fsp3) is 0.333. The third-order valence-electron chi connectivity index (χ3n) is 3.01. The number of amides is 1. The lowest BCUT2D eigenvalue weighted by atomic mass is 10.1. The SMILES string of the molecule is CC1CC1C(=O)Nc1c(Cl)ccc(Cl)c1C(=O)O. The van der Waals surface area contributed by atoms with Crippen molar-refractivity contribution in [2.75, 3.05) is 5.32 Å². The van der Waals surface area contributed by atoms with E-state index in [2.05, 4.69) is 5.32 Å². The van der Waals surface area contributed by atoms with Gasteiger partial charge < -0.3 is 10.4 Å². The molecule has 2 rings (SSSR count). The van der Waals surface area contributed by atoms with Crippen LogP contribution in [0.4, 0.5) is 5.69 Å². The van der Waals surface area contributed by atoms with Crippen LogP contribution in [0.1, 0.15) is 23.7 Å². The number of hydrogen-bond donors (Lipinski definition) is 2. The van der Waals surface area contributed by atoms with Gasteiger partial charge in [0.05, 0.1) is 15.7 Å². The maximum atomic E-state index is 11.8. The van der Waals surface area contributed by atoms with Gasteiger partial charge in [-0.25, -0.2) is 4.79 Å². The zero-order valence-electron chi connectivity index (χ0n) is 9.54. The molecule has 0 spiro atoms. The summed E-state index contributed by atoms with van der Waals surface area (Å²) in [5, 5.41) is 11.9. The van der Waals surface area contributed by atoms with Crippen LogP contribution in [0.15, 0.2) is 12.1 Å². The van der Waals surface area contributed by atoms with Gasteiger partial charge >= 0.3 is 5.97 Å². The number of anilines is 1. The second kappa shape index (κ2) is 4.78. The van der Waals surface area contributed by atoms with Gasteiger partial charge in [0.15, 0.2) is 0 Å². The first kappa shape index (κ1) is 13.2. The van der Waals surface area contributed by atoms with Crippen molar-refractivity contribution in [2.45, 2.75) is 13.3 Å². The highest BCUT2D eigenvalue weighted by atomic mass is 35.5. The zero-order valence-corrected chi connectivity index (χ0v) is 11.0. The normalized spacial score (nSPS) is 21.5. The van der Waals surface area contributed by atoms with Gasteiger partial charge in [-0.2, -0.15) is 0 Å². The maximum absolute atomic E-state index is 11.8. The lowest BCUT2D eigenvalue weighted by Gasteiger charge is -2.11. The predicted octanol–water partition coefficient (Wildman–Crippen LogP) is 3.29. The fourth-order valence-electron chi connectivity index (χ4n) is 1.79. The van der Waals surface area contributed by atoms with Crippen molar-refractivity contribution in [3.63, 3.8) is 0 Å². The molecule has 1 aromatic carbocycles. The minimum Gasteiger partial charge on any atom is -0.478 e. The Morgan fingerprint density at radius 2 is 1.89 bits per heavy atom. The Morgan fingerprint density at radius 1 is 1.33 bits per heavy atom. The van der Waals surface area contributed by atoms with Crippen LogP contribution in [0.25, 0.3) is 0 Å². The summed E-state index contributed by atoms with van der Waals surface area (Å²) in [7, 11) is 0. The Balaban J connectivity index is 2.34. The molecule has 1 amide bonds. The smallest absolute Gasteiger partial charge is 0.339 e. The molecule has 0 saturated heterocycles. The van der Waals surface area contributed by atoms with E-state index in [4.69, 9.17) is 28.3 Å². The van der Waals surface area contributed by atoms with Gasteiger partial charge in [0.25, 0.3) is 0 Å². The second-order valence-electron chi connectivity index (χ2n) is 4.39. The van der Waals surface area contributed by atoms with Crippen molar-refractivity contribution >= 4 is 40.8 Å². The lowest BCUT2D eigenvalue weighted by Crippen LogP contribution is -2.17. The molecule has 0 aromatic heterocycles. The summed E-state index contributed by atoms with van der Waals surface area (Å²) in [5.74, 6) is -1.17. The standard InChI is InChI=1S/C12H11Cl2NO3/c1-5-4-6(5)11(16)15-10-8(14)3-2-7(13)9(10)12(17)18/h2-3,5-6H,4H2,1H3,(H,15,16)(H,17,18). The molecule has 0 aliphatic heterocycles. The van der Waals surface area contributed by atoms with Crippen molar-refractivity contribution in [3.05, 3.63) is 27.7 Å². The molecule has 1 saturated carbocycles. The monoisotopic (exact) mass is 287 g/mol. The summed E-state index contributed by atoms with van der Waals surface area (Å²) < 4.78 is 0. The Kier molecular flexibility index (Phi) is 3.50. The molecule has 2 atom stereocenters. The number of hydrogen-bond acceptors (Lipinski definition) is 2. The summed E-state index contributed by atoms with van der Waals surface area (Å²) in [4.78, 5) is 22.9. The van der Waals surface area contributed by atoms with E-state index < -0.39 is 5.97 Å². The first-order valence-electron chi connectivity index (χ1n) is 5.44. The van der Waals surface area contributed by atoms with Crippen LogP contribution in [0.3, 0.4) is 0 Å². The van der Waals surface area contributed by atoms with Gasteiger partial charge in [-0.15, -0.1) is 0 Å². The van der Waals surface area contributed by atoms with Gasteiger partial charge in [0.2, 0.25) is 5.91 Å². The van der Waals surface area contributed by atoms with E-state index >= 15 is 0 Å². The van der Waals surface area contributed by atoms with Crippen LogP contribution in [0.5, 0.6) is 0 Å². The third kappa shape index (κ3) is 2.44. The summed E-state index contributed by atoms with van der Waals surface area (Å²) in [6.45, 7) is 1.96. The number of aromatic carboxylic acids is 1. The predicted molar refractivity (Wildman–Crippen MR) is 69.3 cm³/mol. The van der Waals surface area contributed by atoms with E-state index in [0.29, 0.717) is 5.92 Å². The number of nitrogens with one attached hydrogen (secondary N) is 1. The van der Waals surface area contributed by atoms with Crippen LogP contribution in [0, 0.1) is 11.8 Å². The van der Waals surface area contributed by atoms with Crippen molar-refractivity contribution < 1.29 is 14.7 Å². The van der Waals surface area contributed by atoms with E-state index in [1.807, 2.05) is 6.92 Å². The van der Waals surface area contributed by atoms with Crippen LogP contribution < -0.4 is 5.32 Å². The van der Waals surface area contributed by atoms with E-state index in [1.165, 1.54) is 12.1 Å². The number of carboxylic acids is 1. The minimum atomic E-state index is -1.22. The van der Waals surface area contributed by atoms with Crippen LogP contribution in [-0.2, 0) is 4.79 Å². The van der Waals surface area contributed by atoms with Crippen molar-refractivity contribution in [3.8, 4) is 0 Å². The number of carbonyl (C=O) groups is 2. The van der Waals surface area contributed by atoms with Crippen molar-refractivity contribution in [2.24, 2.45) is 11.8 Å². The second-order valence-corrected chi connectivity index (χ2v) is 5.21. The average molecular weight is 288 g/mol. The van der Waals surface area contributed by atoms with Gasteiger partial charge in [-0.1, -0.05) is 30.1 Å². The van der Waals surface area contributed by atoms with Gasteiger partial charge in [-0.05, 0) is 24.5 Å². The van der Waals surface area contributed by atoms with Crippen LogP contribution in [0.2, 0.25) is 10.0 Å². The molecule has 2 N–H and O–H groups in total. The van der Waals surface area contributed by atoms with Gasteiger partial charge in [0.1, 0.15) is 5.56 Å². The Labute approximate surface area is 114 Å². The molecule has 96 valence electrons. The van der Waals surface area contributed by atoms with Crippen molar-refractivity contribution in [1.82, 2.24) is 0 Å². The number of carboxylic acid groups (broad SMARTS) is 1. The first-order chi connectivity index (χ1) is 8.41. The Morgan fingerprint density at radius 3 is 2.39 bits per heavy atom. The highest BCUT2D eigenvalue weighted by molar-refractivity contribution is 6.38. The fourth-order valence-corrected chi connectivity index (χ4v) is 2.23. The molecule has 0 radical (unpaired) electrons. The number of rotatable bonds is 3. The molecule has 1 fully saturated rings. The third-order valence-corrected chi connectivity index (χ3v) is 3.64. The van der Waals surface area contributed by atoms with E-state index in [1.54, 1.807) is 0 Å². The zero-order chi connectivity index (χ0) is 13.4. The van der Waals surface area contributed by atoms with Gasteiger partial charge in [-0.3, -0.25) is 4.79 Å². The molecule has 1 aromatic rings. The quantitative estimate of drug-likeness (QED) is 0.896. The summed E-state index contributed by atoms with van der Waals surface area (Å²) in [6, 6.07) is 2.85. The number of halogens is 2. The average Bonchev–Trinajstić information content (AvgIpc) is 3.00. The number of carbonyl (C=O) groups excluding carboxylic acids is 1. The van der Waals surface area contributed by atoms with E-state index in [9.17, 15) is 9.59 Å². The topological polar surface area (TPSA) is 66.4 Å². The minimum absolute atomic E-state index is 0.0473. The molecule has 6 heteroatoms. The van der Waals surface area contributed by atoms with Crippen LogP contribution in [-0.4, -0.2) is 17.0 Å². The molecule has 0 bridgehead atoms. The lowest BCUT2D eigenvalue weighted by molar-refractivity contribution is -0.117.